The van der Waals surface area contributed by atoms with Crippen LogP contribution in [0.1, 0.15) is 27.8 Å². The van der Waals surface area contributed by atoms with Gasteiger partial charge in [-0.25, -0.2) is 0 Å². The lowest BCUT2D eigenvalue weighted by Gasteiger charge is -2.09. The van der Waals surface area contributed by atoms with Crippen LogP contribution in [0.3, 0.4) is 0 Å². The first kappa shape index (κ1) is 29.9. The lowest BCUT2D eigenvalue weighted by atomic mass is 10.0. The fourth-order valence-corrected chi connectivity index (χ4v) is 4.85. The molecule has 4 nitrogen and oxygen atoms in total. The summed E-state index contributed by atoms with van der Waals surface area (Å²) in [5.41, 5.74) is 8.41. The van der Waals surface area contributed by atoms with Gasteiger partial charge < -0.3 is 9.47 Å². The van der Waals surface area contributed by atoms with E-state index in [2.05, 4.69) is 90.3 Å². The highest BCUT2D eigenvalue weighted by Crippen LogP contribution is 2.24. The summed E-state index contributed by atoms with van der Waals surface area (Å²) >= 11 is 9.17. The predicted octanol–water partition coefficient (Wildman–Crippen LogP) is 6.78. The normalized spacial score (nSPS) is 10.4. The number of hydrogen-bond acceptors (Lipinski definition) is 4. The van der Waals surface area contributed by atoms with Crippen molar-refractivity contribution in [3.05, 3.63) is 64.6 Å². The molecule has 0 aromatic heterocycles. The average molecular weight is 708 g/mol. The molecule has 0 N–H and O–H groups in total. The minimum Gasteiger partial charge on any atom is -0.469 e. The maximum atomic E-state index is 11.5. The largest absolute Gasteiger partial charge is 0.469 e. The molecular weight excluding hydrogens is 679 g/mol. The highest BCUT2D eigenvalue weighted by atomic mass is 127. The minimum absolute atomic E-state index is 0.204. The third-order valence-electron chi connectivity index (χ3n) is 4.41. The summed E-state index contributed by atoms with van der Waals surface area (Å²) in [6, 6.07) is 7.99. The maximum Gasteiger partial charge on any atom is 0.310 e. The zero-order valence-electron chi connectivity index (χ0n) is 20.0. The maximum absolute atomic E-state index is 11.5. The van der Waals surface area contributed by atoms with Gasteiger partial charge in [0.1, 0.15) is 8.07 Å². The Morgan fingerprint density at radius 2 is 1.33 bits per heavy atom. The highest BCUT2D eigenvalue weighted by molar-refractivity contribution is 14.1. The van der Waals surface area contributed by atoms with E-state index in [4.69, 9.17) is 4.74 Å². The molecule has 2 rings (SSSR count). The van der Waals surface area contributed by atoms with Crippen molar-refractivity contribution >= 4 is 74.5 Å². The Bertz CT molecular complexity index is 1080. The van der Waals surface area contributed by atoms with Crippen LogP contribution in [0.4, 0.5) is 0 Å². The number of esters is 2. The van der Waals surface area contributed by atoms with Gasteiger partial charge in [0.15, 0.2) is 0 Å². The Kier molecular flexibility index (Phi) is 12.4. The molecule has 0 fully saturated rings. The van der Waals surface area contributed by atoms with Crippen molar-refractivity contribution in [2.45, 2.75) is 46.3 Å². The smallest absolute Gasteiger partial charge is 0.310 e. The number of rotatable bonds is 4. The molecular formula is C25H29Br2IO4Si. The minimum atomic E-state index is -1.43. The number of carbonyl (C=O) groups excluding carboxylic acids is 2. The second-order valence-corrected chi connectivity index (χ2v) is 16.1. The van der Waals surface area contributed by atoms with Crippen molar-refractivity contribution in [1.29, 1.82) is 0 Å². The van der Waals surface area contributed by atoms with Crippen LogP contribution in [0.2, 0.25) is 19.6 Å². The van der Waals surface area contributed by atoms with E-state index in [0.717, 1.165) is 40.3 Å². The first-order valence-corrected chi connectivity index (χ1v) is 16.3. The van der Waals surface area contributed by atoms with E-state index >= 15 is 0 Å². The Morgan fingerprint density at radius 1 is 0.879 bits per heavy atom. The number of aryl methyl sites for hydroxylation is 2. The van der Waals surface area contributed by atoms with Crippen LogP contribution in [0, 0.1) is 28.9 Å². The number of halogens is 3. The van der Waals surface area contributed by atoms with Crippen molar-refractivity contribution in [2.24, 2.45) is 0 Å². The standard InChI is InChI=1S/C15H19BrO2Si.C10H10BrIO2/c1-11-8-13(10-15(17)18-2)12(9-14(11)16)6-7-19(3,4)5;1-6-3-7(4-10(13)14-2)9(12)5-8(6)11/h8-9H,10H2,1-5H3;3,5H,4H2,1-2H3. The summed E-state index contributed by atoms with van der Waals surface area (Å²) in [6.45, 7) is 10.6. The summed E-state index contributed by atoms with van der Waals surface area (Å²) in [6.07, 6.45) is 0.600. The van der Waals surface area contributed by atoms with Crippen molar-refractivity contribution in [3.8, 4) is 11.5 Å². The number of methoxy groups -OCH3 is 2. The van der Waals surface area contributed by atoms with E-state index in [1.807, 2.05) is 38.1 Å². The molecule has 0 saturated heterocycles. The third kappa shape index (κ3) is 10.8. The van der Waals surface area contributed by atoms with Crippen LogP contribution < -0.4 is 0 Å². The lowest BCUT2D eigenvalue weighted by Crippen LogP contribution is -2.16. The van der Waals surface area contributed by atoms with Gasteiger partial charge in [-0.1, -0.05) is 69.6 Å². The van der Waals surface area contributed by atoms with Crippen LogP contribution in [0.5, 0.6) is 0 Å². The zero-order valence-corrected chi connectivity index (χ0v) is 26.3. The molecule has 0 amide bonds. The topological polar surface area (TPSA) is 52.6 Å². The molecule has 8 heteroatoms. The predicted molar refractivity (Wildman–Crippen MR) is 152 cm³/mol. The van der Waals surface area contributed by atoms with Crippen molar-refractivity contribution in [2.75, 3.05) is 14.2 Å². The quantitative estimate of drug-likeness (QED) is 0.152. The van der Waals surface area contributed by atoms with Gasteiger partial charge in [-0.15, -0.1) is 5.54 Å². The van der Waals surface area contributed by atoms with Crippen LogP contribution in [-0.2, 0) is 31.9 Å². The van der Waals surface area contributed by atoms with Crippen molar-refractivity contribution in [1.82, 2.24) is 0 Å². The Morgan fingerprint density at radius 3 is 1.82 bits per heavy atom. The van der Waals surface area contributed by atoms with Crippen LogP contribution in [0.15, 0.2) is 33.2 Å². The molecule has 0 bridgehead atoms. The van der Waals surface area contributed by atoms with Gasteiger partial charge in [-0.05, 0) is 70.8 Å². The fraction of sp³-hybridized carbons (Fsp3) is 0.360. The van der Waals surface area contributed by atoms with E-state index in [1.165, 1.54) is 14.2 Å². The molecule has 0 saturated carbocycles. The van der Waals surface area contributed by atoms with Gasteiger partial charge in [0.05, 0.1) is 27.1 Å². The summed E-state index contributed by atoms with van der Waals surface area (Å²) in [4.78, 5) is 22.5. The molecule has 0 radical (unpaired) electrons. The summed E-state index contributed by atoms with van der Waals surface area (Å²) in [5.74, 6) is 2.78. The van der Waals surface area contributed by atoms with Crippen molar-refractivity contribution in [3.63, 3.8) is 0 Å². The molecule has 0 heterocycles. The molecule has 33 heavy (non-hydrogen) atoms. The number of carbonyl (C=O) groups is 2. The molecule has 0 aliphatic carbocycles. The zero-order chi connectivity index (χ0) is 25.3. The Balaban J connectivity index is 0.000000346. The molecule has 0 spiro atoms. The summed E-state index contributed by atoms with van der Waals surface area (Å²) < 4.78 is 12.5. The second-order valence-electron chi connectivity index (χ2n) is 8.46. The fourth-order valence-electron chi connectivity index (χ4n) is 2.57. The van der Waals surface area contributed by atoms with Crippen LogP contribution >= 0.6 is 54.5 Å². The Labute approximate surface area is 228 Å². The first-order chi connectivity index (χ1) is 15.3. The van der Waals surface area contributed by atoms with Gasteiger partial charge in [0, 0.05) is 18.1 Å². The first-order valence-electron chi connectivity index (χ1n) is 10.2. The van der Waals surface area contributed by atoms with Gasteiger partial charge in [0.2, 0.25) is 0 Å². The van der Waals surface area contributed by atoms with Gasteiger partial charge in [-0.2, -0.15) is 0 Å². The van der Waals surface area contributed by atoms with E-state index in [-0.39, 0.29) is 18.4 Å². The summed E-state index contributed by atoms with van der Waals surface area (Å²) in [7, 11) is 1.37. The lowest BCUT2D eigenvalue weighted by molar-refractivity contribution is -0.140. The Hall–Kier alpha value is -1.15. The molecule has 2 aromatic rings. The average Bonchev–Trinajstić information content (AvgIpc) is 2.73. The van der Waals surface area contributed by atoms with Crippen LogP contribution in [-0.4, -0.2) is 34.2 Å². The van der Waals surface area contributed by atoms with Gasteiger partial charge >= 0.3 is 11.9 Å². The van der Waals surface area contributed by atoms with E-state index in [0.29, 0.717) is 6.42 Å². The van der Waals surface area contributed by atoms with Crippen molar-refractivity contribution < 1.29 is 19.1 Å². The molecule has 178 valence electrons. The van der Waals surface area contributed by atoms with E-state index in [9.17, 15) is 9.59 Å². The molecule has 0 unspecified atom stereocenters. The number of benzene rings is 2. The third-order valence-corrected chi connectivity index (χ3v) is 8.00. The molecule has 0 aliphatic rings. The van der Waals surface area contributed by atoms with Gasteiger partial charge in [0.25, 0.3) is 0 Å². The highest BCUT2D eigenvalue weighted by Gasteiger charge is 2.12. The SMILES string of the molecule is COC(=O)Cc1cc(C)c(Br)cc1C#C[Si](C)(C)C.COC(=O)Cc1cc(C)c(Br)cc1I. The number of hydrogen-bond donors (Lipinski definition) is 0. The summed E-state index contributed by atoms with van der Waals surface area (Å²) in [5, 5.41) is 0. The molecule has 0 aliphatic heterocycles. The second kappa shape index (κ2) is 13.7. The van der Waals surface area contributed by atoms with E-state index < -0.39 is 8.07 Å². The van der Waals surface area contributed by atoms with Crippen LogP contribution in [0.25, 0.3) is 0 Å². The van der Waals surface area contributed by atoms with E-state index in [1.54, 1.807) is 0 Å². The number of ether oxygens (including phenoxy) is 2. The monoisotopic (exact) mass is 706 g/mol. The molecule has 0 atom stereocenters. The van der Waals surface area contributed by atoms with Gasteiger partial charge in [-0.3, -0.25) is 9.59 Å². The molecule has 2 aromatic carbocycles.